The maximum absolute atomic E-state index is 11.6. The van der Waals surface area contributed by atoms with Gasteiger partial charge >= 0.3 is 0 Å². The topological polar surface area (TPSA) is 55.4 Å². The van der Waals surface area contributed by atoms with Crippen LogP contribution in [0.4, 0.5) is 0 Å². The third-order valence-corrected chi connectivity index (χ3v) is 3.62. The highest BCUT2D eigenvalue weighted by Gasteiger charge is 2.18. The highest BCUT2D eigenvalue weighted by Crippen LogP contribution is 2.18. The van der Waals surface area contributed by atoms with Crippen LogP contribution in [0.3, 0.4) is 0 Å². The number of sulfonamides is 1. The average molecular weight is 272 g/mol. The van der Waals surface area contributed by atoms with E-state index in [0.29, 0.717) is 13.0 Å². The summed E-state index contributed by atoms with van der Waals surface area (Å²) in [4.78, 5) is 0. The molecule has 0 saturated heterocycles. The van der Waals surface area contributed by atoms with Crippen molar-refractivity contribution in [3.05, 3.63) is 0 Å². The van der Waals surface area contributed by atoms with Gasteiger partial charge in [0.15, 0.2) is 0 Å². The summed E-state index contributed by atoms with van der Waals surface area (Å²) in [6, 6.07) is 0. The molecule has 0 amide bonds. The van der Waals surface area contributed by atoms with Gasteiger partial charge in [0.25, 0.3) is 0 Å². The van der Waals surface area contributed by atoms with Gasteiger partial charge in [0.2, 0.25) is 10.0 Å². The lowest BCUT2D eigenvalue weighted by Crippen LogP contribution is -2.34. The maximum Gasteiger partial charge on any atom is 0.211 e. The fourth-order valence-corrected chi connectivity index (χ4v) is 2.75. The van der Waals surface area contributed by atoms with Crippen LogP contribution < -0.4 is 4.72 Å². The van der Waals surface area contributed by atoms with Gasteiger partial charge in [-0.2, -0.15) is 0 Å². The molecule has 1 atom stereocenters. The number of ether oxygens (including phenoxy) is 1. The van der Waals surface area contributed by atoms with E-state index in [1.54, 1.807) is 0 Å². The Kier molecular flexibility index (Phi) is 6.86. The van der Waals surface area contributed by atoms with Crippen molar-refractivity contribution in [1.82, 2.24) is 4.72 Å². The molecule has 0 aliphatic heterocycles. The quantitative estimate of drug-likeness (QED) is 0.716. The summed E-state index contributed by atoms with van der Waals surface area (Å²) >= 11 is 5.83. The Balaban J connectivity index is 3.97. The zero-order valence-electron chi connectivity index (χ0n) is 10.4. The Labute approximate surface area is 104 Å². The lowest BCUT2D eigenvalue weighted by atomic mass is 9.94. The average Bonchev–Trinajstić information content (AvgIpc) is 2.12. The molecule has 0 aliphatic rings. The van der Waals surface area contributed by atoms with Crippen LogP contribution in [-0.2, 0) is 14.8 Å². The standard InChI is InChI=1S/C10H22ClNO3S/c1-10(2,3)5-6-16(13,14)12-7-9(11)8-15-4/h9,12H,5-8H2,1-4H3. The normalized spacial score (nSPS) is 15.1. The van der Waals surface area contributed by atoms with E-state index in [9.17, 15) is 8.42 Å². The Morgan fingerprint density at radius 2 is 1.94 bits per heavy atom. The monoisotopic (exact) mass is 271 g/mol. The van der Waals surface area contributed by atoms with Crippen molar-refractivity contribution in [2.75, 3.05) is 26.0 Å². The molecule has 0 saturated carbocycles. The van der Waals surface area contributed by atoms with E-state index in [2.05, 4.69) is 4.72 Å². The molecule has 0 rings (SSSR count). The molecular weight excluding hydrogens is 250 g/mol. The molecule has 4 nitrogen and oxygen atoms in total. The number of alkyl halides is 1. The van der Waals surface area contributed by atoms with Gasteiger partial charge in [0.05, 0.1) is 17.7 Å². The van der Waals surface area contributed by atoms with Crippen LogP contribution in [0.25, 0.3) is 0 Å². The number of rotatable bonds is 7. The Hall–Kier alpha value is 0.160. The molecule has 1 unspecified atom stereocenters. The van der Waals surface area contributed by atoms with E-state index in [0.717, 1.165) is 0 Å². The fourth-order valence-electron chi connectivity index (χ4n) is 0.970. The Morgan fingerprint density at radius 3 is 2.38 bits per heavy atom. The number of methoxy groups -OCH3 is 1. The first-order valence-electron chi connectivity index (χ1n) is 5.26. The number of hydrogen-bond acceptors (Lipinski definition) is 3. The van der Waals surface area contributed by atoms with Gasteiger partial charge in [0.1, 0.15) is 0 Å². The van der Waals surface area contributed by atoms with Gasteiger partial charge in [-0.1, -0.05) is 20.8 Å². The minimum absolute atomic E-state index is 0.0155. The van der Waals surface area contributed by atoms with Crippen LogP contribution in [0.1, 0.15) is 27.2 Å². The number of nitrogens with one attached hydrogen (secondary N) is 1. The first-order chi connectivity index (χ1) is 7.16. The minimum Gasteiger partial charge on any atom is -0.383 e. The molecule has 0 aromatic carbocycles. The molecule has 16 heavy (non-hydrogen) atoms. The largest absolute Gasteiger partial charge is 0.383 e. The summed E-state index contributed by atoms with van der Waals surface area (Å²) in [5, 5.41) is -0.325. The van der Waals surface area contributed by atoms with Crippen molar-refractivity contribution in [3.63, 3.8) is 0 Å². The van der Waals surface area contributed by atoms with Crippen LogP contribution in [0.5, 0.6) is 0 Å². The summed E-state index contributed by atoms with van der Waals surface area (Å²) in [6.07, 6.45) is 0.625. The second-order valence-corrected chi connectivity index (χ2v) is 7.57. The van der Waals surface area contributed by atoms with Crippen LogP contribution in [0.2, 0.25) is 0 Å². The van der Waals surface area contributed by atoms with Crippen LogP contribution >= 0.6 is 11.6 Å². The van der Waals surface area contributed by atoms with E-state index in [-0.39, 0.29) is 23.1 Å². The van der Waals surface area contributed by atoms with Gasteiger partial charge in [-0.15, -0.1) is 11.6 Å². The summed E-state index contributed by atoms with van der Waals surface area (Å²) in [5.74, 6) is 0.132. The van der Waals surface area contributed by atoms with Crippen molar-refractivity contribution in [3.8, 4) is 0 Å². The van der Waals surface area contributed by atoms with Crippen molar-refractivity contribution in [2.24, 2.45) is 5.41 Å². The second-order valence-electron chi connectivity index (χ2n) is 5.03. The summed E-state index contributed by atoms with van der Waals surface area (Å²) in [6.45, 7) is 6.58. The molecule has 1 N–H and O–H groups in total. The van der Waals surface area contributed by atoms with Gasteiger partial charge in [-0.25, -0.2) is 13.1 Å². The van der Waals surface area contributed by atoms with Crippen LogP contribution in [-0.4, -0.2) is 39.8 Å². The van der Waals surface area contributed by atoms with Crippen LogP contribution in [0.15, 0.2) is 0 Å². The van der Waals surface area contributed by atoms with E-state index < -0.39 is 10.0 Å². The molecule has 0 bridgehead atoms. The highest BCUT2D eigenvalue weighted by molar-refractivity contribution is 7.89. The van der Waals surface area contributed by atoms with Crippen molar-refractivity contribution < 1.29 is 13.2 Å². The minimum atomic E-state index is -3.22. The zero-order chi connectivity index (χ0) is 12.8. The molecule has 0 heterocycles. The molecule has 0 fully saturated rings. The van der Waals surface area contributed by atoms with Gasteiger partial charge in [-0.3, -0.25) is 0 Å². The lowest BCUT2D eigenvalue weighted by molar-refractivity contribution is 0.198. The first kappa shape index (κ1) is 16.2. The number of halogens is 1. The summed E-state index contributed by atoms with van der Waals surface area (Å²) in [5.41, 5.74) is 0.0155. The van der Waals surface area contributed by atoms with Gasteiger partial charge in [-0.05, 0) is 11.8 Å². The smallest absolute Gasteiger partial charge is 0.211 e. The SMILES string of the molecule is COCC(Cl)CNS(=O)(=O)CCC(C)(C)C. The zero-order valence-corrected chi connectivity index (χ0v) is 12.0. The van der Waals surface area contributed by atoms with E-state index in [4.69, 9.17) is 16.3 Å². The summed E-state index contributed by atoms with van der Waals surface area (Å²) in [7, 11) is -1.69. The lowest BCUT2D eigenvalue weighted by Gasteiger charge is -2.18. The molecule has 0 aromatic heterocycles. The van der Waals surface area contributed by atoms with E-state index >= 15 is 0 Å². The molecule has 98 valence electrons. The predicted octanol–water partition coefficient (Wildman–Crippen LogP) is 1.60. The van der Waals surface area contributed by atoms with Crippen molar-refractivity contribution in [1.29, 1.82) is 0 Å². The molecule has 0 aromatic rings. The maximum atomic E-state index is 11.6. The Morgan fingerprint density at radius 1 is 1.38 bits per heavy atom. The van der Waals surface area contributed by atoms with Gasteiger partial charge in [0, 0.05) is 13.7 Å². The first-order valence-corrected chi connectivity index (χ1v) is 7.35. The van der Waals surface area contributed by atoms with E-state index in [1.165, 1.54) is 7.11 Å². The fraction of sp³-hybridized carbons (Fsp3) is 1.00. The summed E-state index contributed by atoms with van der Waals surface area (Å²) < 4.78 is 30.4. The third kappa shape index (κ3) is 9.39. The van der Waals surface area contributed by atoms with Gasteiger partial charge < -0.3 is 4.74 Å². The van der Waals surface area contributed by atoms with Crippen molar-refractivity contribution >= 4 is 21.6 Å². The molecule has 0 radical (unpaired) electrons. The third-order valence-electron chi connectivity index (χ3n) is 1.99. The second kappa shape index (κ2) is 6.79. The molecule has 0 spiro atoms. The van der Waals surface area contributed by atoms with Crippen molar-refractivity contribution in [2.45, 2.75) is 32.6 Å². The van der Waals surface area contributed by atoms with Crippen LogP contribution in [0, 0.1) is 5.41 Å². The molecular formula is C10H22ClNO3S. The molecule has 6 heteroatoms. The molecule has 0 aliphatic carbocycles. The predicted molar refractivity (Wildman–Crippen MR) is 67.4 cm³/mol. The van der Waals surface area contributed by atoms with E-state index in [1.807, 2.05) is 20.8 Å². The Bertz CT molecular complexity index is 285. The highest BCUT2D eigenvalue weighted by atomic mass is 35.5. The number of hydrogen-bond donors (Lipinski definition) is 1.